The van der Waals surface area contributed by atoms with Gasteiger partial charge in [0.25, 0.3) is 0 Å². The van der Waals surface area contributed by atoms with Crippen molar-refractivity contribution in [2.24, 2.45) is 17.3 Å². The first-order valence-corrected chi connectivity index (χ1v) is 6.31. The van der Waals surface area contributed by atoms with Crippen LogP contribution in [0.25, 0.3) is 0 Å². The van der Waals surface area contributed by atoms with Crippen molar-refractivity contribution in [1.29, 1.82) is 0 Å². The molecule has 0 radical (unpaired) electrons. The Kier molecular flexibility index (Phi) is 2.88. The van der Waals surface area contributed by atoms with Crippen LogP contribution in [-0.4, -0.2) is 12.6 Å². The van der Waals surface area contributed by atoms with Crippen LogP contribution in [-0.2, 0) is 0 Å². The first-order valence-electron chi connectivity index (χ1n) is 6.31. The Morgan fingerprint density at radius 3 is 2.36 bits per heavy atom. The molecule has 1 nitrogen and oxygen atoms in total. The van der Waals surface area contributed by atoms with Crippen LogP contribution >= 0.6 is 0 Å². The molecule has 0 bridgehead atoms. The van der Waals surface area contributed by atoms with Crippen LogP contribution in [0.4, 0.5) is 0 Å². The van der Waals surface area contributed by atoms with Crippen LogP contribution in [0, 0.1) is 17.3 Å². The largest absolute Gasteiger partial charge is 0.314 e. The van der Waals surface area contributed by atoms with Crippen LogP contribution in [0.2, 0.25) is 0 Å². The fraction of sp³-hybridized carbons (Fsp3) is 1.00. The normalized spacial score (nSPS) is 33.6. The molecule has 82 valence electrons. The van der Waals surface area contributed by atoms with Gasteiger partial charge in [0.1, 0.15) is 0 Å². The van der Waals surface area contributed by atoms with Gasteiger partial charge in [-0.15, -0.1) is 0 Å². The van der Waals surface area contributed by atoms with Crippen LogP contribution in [0.5, 0.6) is 0 Å². The first-order chi connectivity index (χ1) is 6.57. The molecule has 2 aliphatic carbocycles. The minimum atomic E-state index is 0.520. The van der Waals surface area contributed by atoms with Crippen molar-refractivity contribution in [3.63, 3.8) is 0 Å². The Morgan fingerprint density at radius 1 is 1.07 bits per heavy atom. The van der Waals surface area contributed by atoms with E-state index in [9.17, 15) is 0 Å². The smallest absolute Gasteiger partial charge is 0.00683 e. The summed E-state index contributed by atoms with van der Waals surface area (Å²) in [5.41, 5.74) is 0.520. The molecule has 0 saturated heterocycles. The molecule has 2 fully saturated rings. The monoisotopic (exact) mass is 195 g/mol. The highest BCUT2D eigenvalue weighted by atomic mass is 14.9. The lowest BCUT2D eigenvalue weighted by atomic mass is 9.75. The Balaban J connectivity index is 1.82. The van der Waals surface area contributed by atoms with Gasteiger partial charge in [0, 0.05) is 6.04 Å². The molecule has 0 aliphatic heterocycles. The highest BCUT2D eigenvalue weighted by molar-refractivity contribution is 4.89. The standard InChI is InChI=1S/C13H25N/c1-13(2,3)12-6-4-5-10(12)9-14-11-7-8-11/h10-12,14H,4-9H2,1-3H3. The number of hydrogen-bond donors (Lipinski definition) is 1. The molecule has 0 heterocycles. The van der Waals surface area contributed by atoms with Gasteiger partial charge < -0.3 is 5.32 Å². The van der Waals surface area contributed by atoms with Crippen molar-refractivity contribution in [3.8, 4) is 0 Å². The van der Waals surface area contributed by atoms with E-state index in [-0.39, 0.29) is 0 Å². The topological polar surface area (TPSA) is 12.0 Å². The fourth-order valence-electron chi connectivity index (χ4n) is 3.03. The molecule has 1 N–H and O–H groups in total. The molecule has 14 heavy (non-hydrogen) atoms. The summed E-state index contributed by atoms with van der Waals surface area (Å²) in [6.07, 6.45) is 7.22. The molecule has 2 rings (SSSR count). The van der Waals surface area contributed by atoms with E-state index in [0.29, 0.717) is 5.41 Å². The zero-order valence-corrected chi connectivity index (χ0v) is 9.97. The van der Waals surface area contributed by atoms with Crippen LogP contribution in [0.15, 0.2) is 0 Å². The van der Waals surface area contributed by atoms with E-state index < -0.39 is 0 Å². The van der Waals surface area contributed by atoms with Gasteiger partial charge in [-0.1, -0.05) is 27.2 Å². The lowest BCUT2D eigenvalue weighted by Gasteiger charge is -2.32. The molecular formula is C13H25N. The van der Waals surface area contributed by atoms with E-state index in [0.717, 1.165) is 17.9 Å². The average molecular weight is 195 g/mol. The second-order valence-electron chi connectivity index (χ2n) is 6.35. The predicted molar refractivity (Wildman–Crippen MR) is 61.3 cm³/mol. The second-order valence-corrected chi connectivity index (χ2v) is 6.35. The maximum atomic E-state index is 3.70. The Morgan fingerprint density at radius 2 is 1.79 bits per heavy atom. The summed E-state index contributed by atoms with van der Waals surface area (Å²) in [5.74, 6) is 1.91. The van der Waals surface area contributed by atoms with Gasteiger partial charge in [-0.3, -0.25) is 0 Å². The van der Waals surface area contributed by atoms with Crippen LogP contribution in [0.1, 0.15) is 52.9 Å². The molecule has 0 amide bonds. The Labute approximate surface area is 88.7 Å². The van der Waals surface area contributed by atoms with Crippen molar-refractivity contribution < 1.29 is 0 Å². The van der Waals surface area contributed by atoms with Crippen LogP contribution < -0.4 is 5.32 Å². The van der Waals surface area contributed by atoms with Gasteiger partial charge in [0.2, 0.25) is 0 Å². The van der Waals surface area contributed by atoms with Crippen molar-refractivity contribution in [3.05, 3.63) is 0 Å². The van der Waals surface area contributed by atoms with Crippen molar-refractivity contribution >= 4 is 0 Å². The Hall–Kier alpha value is -0.0400. The molecular weight excluding hydrogens is 170 g/mol. The summed E-state index contributed by atoms with van der Waals surface area (Å²) in [6, 6.07) is 0.885. The van der Waals surface area contributed by atoms with Crippen molar-refractivity contribution in [1.82, 2.24) is 5.32 Å². The summed E-state index contributed by atoms with van der Waals surface area (Å²) >= 11 is 0. The van der Waals surface area contributed by atoms with Gasteiger partial charge in [-0.05, 0) is 49.5 Å². The molecule has 0 aromatic heterocycles. The Bertz CT molecular complexity index is 188. The molecule has 2 aliphatic rings. The fourth-order valence-corrected chi connectivity index (χ4v) is 3.03. The highest BCUT2D eigenvalue weighted by Gasteiger charge is 2.36. The zero-order chi connectivity index (χ0) is 10.2. The third kappa shape index (κ3) is 2.50. The van der Waals surface area contributed by atoms with E-state index in [1.807, 2.05) is 0 Å². The quantitative estimate of drug-likeness (QED) is 0.729. The van der Waals surface area contributed by atoms with Crippen LogP contribution in [0.3, 0.4) is 0 Å². The minimum absolute atomic E-state index is 0.520. The number of hydrogen-bond acceptors (Lipinski definition) is 1. The molecule has 0 spiro atoms. The summed E-state index contributed by atoms with van der Waals surface area (Å²) in [4.78, 5) is 0. The van der Waals surface area contributed by atoms with Gasteiger partial charge in [0.15, 0.2) is 0 Å². The van der Waals surface area contributed by atoms with E-state index in [4.69, 9.17) is 0 Å². The summed E-state index contributed by atoms with van der Waals surface area (Å²) in [7, 11) is 0. The highest BCUT2D eigenvalue weighted by Crippen LogP contribution is 2.43. The molecule has 1 heteroatoms. The van der Waals surface area contributed by atoms with Gasteiger partial charge in [0.05, 0.1) is 0 Å². The lowest BCUT2D eigenvalue weighted by molar-refractivity contribution is 0.182. The third-order valence-electron chi connectivity index (χ3n) is 4.02. The number of rotatable bonds is 3. The summed E-state index contributed by atoms with van der Waals surface area (Å²) < 4.78 is 0. The van der Waals surface area contributed by atoms with Gasteiger partial charge in [-0.25, -0.2) is 0 Å². The maximum absolute atomic E-state index is 3.70. The van der Waals surface area contributed by atoms with E-state index >= 15 is 0 Å². The molecule has 2 atom stereocenters. The van der Waals surface area contributed by atoms with Gasteiger partial charge >= 0.3 is 0 Å². The summed E-state index contributed by atoms with van der Waals surface area (Å²) in [5, 5.41) is 3.70. The van der Waals surface area contributed by atoms with E-state index in [1.165, 1.54) is 38.6 Å². The second kappa shape index (κ2) is 3.84. The van der Waals surface area contributed by atoms with Crippen molar-refractivity contribution in [2.45, 2.75) is 58.9 Å². The molecule has 0 aromatic rings. The molecule has 2 unspecified atom stereocenters. The minimum Gasteiger partial charge on any atom is -0.314 e. The SMILES string of the molecule is CC(C)(C)C1CCCC1CNC1CC1. The maximum Gasteiger partial charge on any atom is 0.00683 e. The average Bonchev–Trinajstić information content (AvgIpc) is 2.77. The first kappa shape index (κ1) is 10.5. The zero-order valence-electron chi connectivity index (χ0n) is 9.97. The van der Waals surface area contributed by atoms with Crippen molar-refractivity contribution in [2.75, 3.05) is 6.54 Å². The van der Waals surface area contributed by atoms with E-state index in [1.54, 1.807) is 0 Å². The third-order valence-corrected chi connectivity index (χ3v) is 4.02. The van der Waals surface area contributed by atoms with E-state index in [2.05, 4.69) is 26.1 Å². The number of nitrogens with one attached hydrogen (secondary N) is 1. The molecule has 2 saturated carbocycles. The summed E-state index contributed by atoms with van der Waals surface area (Å²) in [6.45, 7) is 8.51. The van der Waals surface area contributed by atoms with Gasteiger partial charge in [-0.2, -0.15) is 0 Å². The predicted octanol–water partition coefficient (Wildman–Crippen LogP) is 3.20. The molecule has 0 aromatic carbocycles. The lowest BCUT2D eigenvalue weighted by Crippen LogP contribution is -2.32.